The van der Waals surface area contributed by atoms with Crippen LogP contribution in [-0.4, -0.2) is 43.8 Å². The lowest BCUT2D eigenvalue weighted by molar-refractivity contribution is 0.0855. The summed E-state index contributed by atoms with van der Waals surface area (Å²) in [5, 5.41) is 23.2. The fraction of sp³-hybridized carbons (Fsp3) is 0.316. The number of amides is 1. The first kappa shape index (κ1) is 21.9. The number of hydrogen-bond acceptors (Lipinski definition) is 6. The van der Waals surface area contributed by atoms with Gasteiger partial charge in [-0.3, -0.25) is 4.79 Å². The Hall–Kier alpha value is -1.81. The molecule has 156 valence electrons. The van der Waals surface area contributed by atoms with E-state index >= 15 is 0 Å². The van der Waals surface area contributed by atoms with Gasteiger partial charge in [-0.1, -0.05) is 27.5 Å². The number of sulfone groups is 1. The summed E-state index contributed by atoms with van der Waals surface area (Å²) in [5.74, 6) is -2.11. The summed E-state index contributed by atoms with van der Waals surface area (Å²) in [5.41, 5.74) is -0.168. The number of phenolic OH excluding ortho intramolecular Hbond substituents is 2. The molecule has 2 aromatic rings. The number of phenols is 2. The van der Waals surface area contributed by atoms with E-state index in [4.69, 9.17) is 16.3 Å². The number of aromatic hydroxyl groups is 2. The molecule has 7 nitrogen and oxygen atoms in total. The standard InChI is InChI=1S/C19H19BrClNO6S/c20-12-3-4-16(23)17(7-12)29(26,27)10-11-6-13(21)8-15(18(11)24)19(25)22-9-14-2-1-5-28-14/h3-4,6-8,14,23-24H,1-2,5,9-10H2,(H,22,25)/t14-/m1/s1. The number of halogens is 2. The third kappa shape index (κ3) is 5.22. The molecule has 1 atom stereocenters. The maximum Gasteiger partial charge on any atom is 0.255 e. The summed E-state index contributed by atoms with van der Waals surface area (Å²) >= 11 is 9.22. The van der Waals surface area contributed by atoms with E-state index in [1.54, 1.807) is 0 Å². The molecule has 1 amide bonds. The lowest BCUT2D eigenvalue weighted by atomic mass is 10.1. The van der Waals surface area contributed by atoms with Gasteiger partial charge in [-0.15, -0.1) is 0 Å². The van der Waals surface area contributed by atoms with Gasteiger partial charge in [0.2, 0.25) is 0 Å². The van der Waals surface area contributed by atoms with Crippen LogP contribution in [0.3, 0.4) is 0 Å². The summed E-state index contributed by atoms with van der Waals surface area (Å²) in [4.78, 5) is 12.2. The van der Waals surface area contributed by atoms with Crippen LogP contribution in [0.15, 0.2) is 39.7 Å². The van der Waals surface area contributed by atoms with Crippen molar-refractivity contribution in [3.63, 3.8) is 0 Å². The summed E-state index contributed by atoms with van der Waals surface area (Å²) < 4.78 is 31.4. The van der Waals surface area contributed by atoms with Crippen molar-refractivity contribution >= 4 is 43.3 Å². The molecular formula is C19H19BrClNO6S. The highest BCUT2D eigenvalue weighted by molar-refractivity contribution is 9.10. The smallest absolute Gasteiger partial charge is 0.255 e. The maximum atomic E-state index is 12.8. The highest BCUT2D eigenvalue weighted by Crippen LogP contribution is 2.33. The Morgan fingerprint density at radius 2 is 2.03 bits per heavy atom. The van der Waals surface area contributed by atoms with Crippen LogP contribution in [0, 0.1) is 0 Å². The fourth-order valence-corrected chi connectivity index (χ4v) is 5.30. The lowest BCUT2D eigenvalue weighted by Gasteiger charge is -2.14. The number of hydrogen-bond donors (Lipinski definition) is 3. The number of rotatable bonds is 6. The van der Waals surface area contributed by atoms with Gasteiger partial charge in [0.25, 0.3) is 5.91 Å². The van der Waals surface area contributed by atoms with Gasteiger partial charge in [0, 0.05) is 28.2 Å². The van der Waals surface area contributed by atoms with Crippen LogP contribution in [-0.2, 0) is 20.3 Å². The van der Waals surface area contributed by atoms with Gasteiger partial charge < -0.3 is 20.3 Å². The monoisotopic (exact) mass is 503 g/mol. The van der Waals surface area contributed by atoms with E-state index in [-0.39, 0.29) is 33.7 Å². The number of benzene rings is 2. The van der Waals surface area contributed by atoms with Crippen LogP contribution in [0.5, 0.6) is 11.5 Å². The Morgan fingerprint density at radius 3 is 2.72 bits per heavy atom. The van der Waals surface area contributed by atoms with Gasteiger partial charge >= 0.3 is 0 Å². The third-order valence-corrected chi connectivity index (χ3v) is 6.91. The third-order valence-electron chi connectivity index (χ3n) is 4.51. The maximum absolute atomic E-state index is 12.8. The summed E-state index contributed by atoms with van der Waals surface area (Å²) in [6, 6.07) is 6.57. The number of ether oxygens (including phenoxy) is 1. The molecule has 0 saturated carbocycles. The molecule has 3 rings (SSSR count). The number of nitrogens with one attached hydrogen (secondary N) is 1. The van der Waals surface area contributed by atoms with Crippen molar-refractivity contribution in [1.82, 2.24) is 5.32 Å². The minimum absolute atomic E-state index is 0.0425. The largest absolute Gasteiger partial charge is 0.507 e. The first-order valence-electron chi connectivity index (χ1n) is 8.80. The second kappa shape index (κ2) is 8.91. The molecule has 29 heavy (non-hydrogen) atoms. The van der Waals surface area contributed by atoms with Crippen LogP contribution < -0.4 is 5.32 Å². The molecule has 0 aromatic heterocycles. The highest BCUT2D eigenvalue weighted by atomic mass is 79.9. The van der Waals surface area contributed by atoms with Gasteiger partial charge in [0.05, 0.1) is 17.4 Å². The predicted molar refractivity (Wildman–Crippen MR) is 111 cm³/mol. The first-order chi connectivity index (χ1) is 13.7. The zero-order chi connectivity index (χ0) is 21.2. The van der Waals surface area contributed by atoms with E-state index in [1.165, 1.54) is 30.3 Å². The van der Waals surface area contributed by atoms with Crippen molar-refractivity contribution in [3.05, 3.63) is 51.0 Å². The summed E-state index contributed by atoms with van der Waals surface area (Å²) in [6.07, 6.45) is 1.68. The lowest BCUT2D eigenvalue weighted by Crippen LogP contribution is -2.31. The molecule has 1 fully saturated rings. The van der Waals surface area contributed by atoms with Crippen LogP contribution in [0.1, 0.15) is 28.8 Å². The normalized spacial score (nSPS) is 16.7. The number of carbonyl (C=O) groups excluding carboxylic acids is 1. The molecule has 0 spiro atoms. The molecule has 1 aliphatic rings. The Balaban J connectivity index is 1.86. The van der Waals surface area contributed by atoms with Crippen LogP contribution >= 0.6 is 27.5 Å². The van der Waals surface area contributed by atoms with Gasteiger partial charge in [0.1, 0.15) is 16.4 Å². The minimum Gasteiger partial charge on any atom is -0.507 e. The Kier molecular flexibility index (Phi) is 6.72. The van der Waals surface area contributed by atoms with Gasteiger partial charge in [-0.05, 0) is 43.2 Å². The summed E-state index contributed by atoms with van der Waals surface area (Å²) in [6.45, 7) is 0.928. The van der Waals surface area contributed by atoms with Crippen molar-refractivity contribution in [2.24, 2.45) is 0 Å². The topological polar surface area (TPSA) is 113 Å². The van der Waals surface area contributed by atoms with Gasteiger partial charge in [-0.25, -0.2) is 8.42 Å². The van der Waals surface area contributed by atoms with E-state index in [2.05, 4.69) is 21.2 Å². The fourth-order valence-electron chi connectivity index (χ4n) is 3.07. The van der Waals surface area contributed by atoms with Crippen molar-refractivity contribution in [1.29, 1.82) is 0 Å². The van der Waals surface area contributed by atoms with Crippen molar-refractivity contribution in [2.45, 2.75) is 29.6 Å². The second-order valence-electron chi connectivity index (χ2n) is 6.68. The van der Waals surface area contributed by atoms with Gasteiger partial charge in [0.15, 0.2) is 9.84 Å². The molecule has 1 aliphatic heterocycles. The Bertz CT molecular complexity index is 1040. The first-order valence-corrected chi connectivity index (χ1v) is 11.6. The molecule has 10 heteroatoms. The van der Waals surface area contributed by atoms with E-state index in [0.717, 1.165) is 12.8 Å². The van der Waals surface area contributed by atoms with E-state index in [9.17, 15) is 23.4 Å². The van der Waals surface area contributed by atoms with Crippen LogP contribution in [0.2, 0.25) is 5.02 Å². The number of carbonyl (C=O) groups is 1. The van der Waals surface area contributed by atoms with Crippen molar-refractivity contribution in [2.75, 3.05) is 13.2 Å². The van der Waals surface area contributed by atoms with E-state index < -0.39 is 33.0 Å². The quantitative estimate of drug-likeness (QED) is 0.556. The second-order valence-corrected chi connectivity index (χ2v) is 9.99. The zero-order valence-corrected chi connectivity index (χ0v) is 18.3. The van der Waals surface area contributed by atoms with E-state index in [1.807, 2.05) is 0 Å². The van der Waals surface area contributed by atoms with Crippen molar-refractivity contribution in [3.8, 4) is 11.5 Å². The van der Waals surface area contributed by atoms with E-state index in [0.29, 0.717) is 11.1 Å². The Labute approximate surface area is 181 Å². The molecule has 3 N–H and O–H groups in total. The molecule has 0 radical (unpaired) electrons. The molecular weight excluding hydrogens is 486 g/mol. The average molecular weight is 505 g/mol. The molecule has 2 aromatic carbocycles. The minimum atomic E-state index is -4.02. The predicted octanol–water partition coefficient (Wildman–Crippen LogP) is 3.40. The van der Waals surface area contributed by atoms with Crippen LogP contribution in [0.25, 0.3) is 0 Å². The zero-order valence-electron chi connectivity index (χ0n) is 15.2. The Morgan fingerprint density at radius 1 is 1.28 bits per heavy atom. The highest BCUT2D eigenvalue weighted by Gasteiger charge is 2.25. The average Bonchev–Trinajstić information content (AvgIpc) is 3.17. The molecule has 0 bridgehead atoms. The van der Waals surface area contributed by atoms with Crippen LogP contribution in [0.4, 0.5) is 0 Å². The summed E-state index contributed by atoms with van der Waals surface area (Å²) in [7, 11) is -4.02. The van der Waals surface area contributed by atoms with Gasteiger partial charge in [-0.2, -0.15) is 0 Å². The molecule has 1 saturated heterocycles. The van der Waals surface area contributed by atoms with Crippen molar-refractivity contribution < 1.29 is 28.2 Å². The molecule has 1 heterocycles. The molecule has 0 unspecified atom stereocenters. The molecule has 0 aliphatic carbocycles. The SMILES string of the molecule is O=C(NC[C@H]1CCCO1)c1cc(Cl)cc(CS(=O)(=O)c2cc(Br)ccc2O)c1O.